The molecule has 0 bridgehead atoms. The van der Waals surface area contributed by atoms with Gasteiger partial charge in [-0.05, 0) is 25.2 Å². The second-order valence-electron chi connectivity index (χ2n) is 4.31. The molecular weight excluding hydrogens is 198 g/mol. The van der Waals surface area contributed by atoms with Crippen molar-refractivity contribution in [3.63, 3.8) is 0 Å². The monoisotopic (exact) mass is 219 g/mol. The van der Waals surface area contributed by atoms with Gasteiger partial charge in [0.25, 0.3) is 0 Å². The van der Waals surface area contributed by atoms with Gasteiger partial charge in [0.2, 0.25) is 10.0 Å². The minimum atomic E-state index is -3.53. The van der Waals surface area contributed by atoms with Crippen molar-refractivity contribution in [2.45, 2.75) is 38.9 Å². The third-order valence-corrected chi connectivity index (χ3v) is 5.36. The molecule has 2 N–H and O–H groups in total. The van der Waals surface area contributed by atoms with Gasteiger partial charge in [-0.1, -0.05) is 26.8 Å². The van der Waals surface area contributed by atoms with E-state index < -0.39 is 14.8 Å². The summed E-state index contributed by atoms with van der Waals surface area (Å²) in [6.45, 7) is 11.0. The fourth-order valence-corrected chi connectivity index (χ4v) is 2.98. The highest BCUT2D eigenvalue weighted by molar-refractivity contribution is 7.90. The van der Waals surface area contributed by atoms with Crippen LogP contribution in [-0.4, -0.2) is 13.2 Å². The van der Waals surface area contributed by atoms with Crippen molar-refractivity contribution in [2.24, 2.45) is 17.0 Å². The molecule has 0 aliphatic rings. The number of allylic oxidation sites excluding steroid dienone is 1. The van der Waals surface area contributed by atoms with Crippen LogP contribution >= 0.6 is 0 Å². The third kappa shape index (κ3) is 2.36. The van der Waals surface area contributed by atoms with Gasteiger partial charge in [-0.2, -0.15) is 0 Å². The average Bonchev–Trinajstić information content (AvgIpc) is 2.00. The van der Waals surface area contributed by atoms with Crippen molar-refractivity contribution in [1.29, 1.82) is 0 Å². The molecule has 84 valence electrons. The third-order valence-electron chi connectivity index (χ3n) is 3.26. The number of sulfonamides is 1. The number of hydrogen-bond acceptors (Lipinski definition) is 2. The maximum Gasteiger partial charge on any atom is 0.215 e. The van der Waals surface area contributed by atoms with Crippen molar-refractivity contribution in [2.75, 3.05) is 0 Å². The molecule has 0 unspecified atom stereocenters. The van der Waals surface area contributed by atoms with E-state index in [9.17, 15) is 8.42 Å². The molecular formula is C10H21NO2S. The van der Waals surface area contributed by atoms with Gasteiger partial charge in [0.05, 0.1) is 4.75 Å². The van der Waals surface area contributed by atoms with E-state index in [2.05, 4.69) is 6.58 Å². The van der Waals surface area contributed by atoms with Crippen LogP contribution in [0.1, 0.15) is 34.1 Å². The topological polar surface area (TPSA) is 60.2 Å². The summed E-state index contributed by atoms with van der Waals surface area (Å²) < 4.78 is 22.2. The first-order chi connectivity index (χ1) is 6.17. The molecule has 0 rings (SSSR count). The quantitative estimate of drug-likeness (QED) is 0.718. The minimum Gasteiger partial charge on any atom is -0.228 e. The van der Waals surface area contributed by atoms with Gasteiger partial charge in [-0.25, -0.2) is 13.6 Å². The first-order valence-corrected chi connectivity index (χ1v) is 6.35. The summed E-state index contributed by atoms with van der Waals surface area (Å²) in [5.74, 6) is -0.0255. The molecule has 0 aliphatic heterocycles. The molecule has 0 saturated heterocycles. The molecule has 2 atom stereocenters. The van der Waals surface area contributed by atoms with Crippen LogP contribution in [0.25, 0.3) is 0 Å². The Bertz CT molecular complexity index is 295. The second-order valence-corrected chi connectivity index (χ2v) is 6.28. The molecule has 0 spiro atoms. The zero-order valence-corrected chi connectivity index (χ0v) is 10.3. The normalized spacial score (nSPS) is 19.0. The van der Waals surface area contributed by atoms with E-state index in [0.29, 0.717) is 6.42 Å². The van der Waals surface area contributed by atoms with E-state index in [1.165, 1.54) is 0 Å². The van der Waals surface area contributed by atoms with Crippen LogP contribution in [0.5, 0.6) is 0 Å². The Morgan fingerprint density at radius 1 is 1.43 bits per heavy atom. The van der Waals surface area contributed by atoms with Gasteiger partial charge in [-0.3, -0.25) is 0 Å². The van der Waals surface area contributed by atoms with E-state index in [-0.39, 0.29) is 11.8 Å². The summed E-state index contributed by atoms with van der Waals surface area (Å²) in [4.78, 5) is 0. The van der Waals surface area contributed by atoms with Gasteiger partial charge in [0.1, 0.15) is 0 Å². The minimum absolute atomic E-state index is 0.00699. The largest absolute Gasteiger partial charge is 0.228 e. The molecule has 0 amide bonds. The lowest BCUT2D eigenvalue weighted by atomic mass is 9.83. The summed E-state index contributed by atoms with van der Waals surface area (Å²) in [6, 6.07) is 0. The molecule has 0 aromatic carbocycles. The van der Waals surface area contributed by atoms with Gasteiger partial charge in [0, 0.05) is 0 Å². The Labute approximate surface area is 87.4 Å². The maximum absolute atomic E-state index is 11.6. The summed E-state index contributed by atoms with van der Waals surface area (Å²) in [6.07, 6.45) is 2.39. The van der Waals surface area contributed by atoms with Crippen LogP contribution in [0.2, 0.25) is 0 Å². The standard InChI is InChI=1S/C10H21NO2S/c1-6-7-9(4)10(5,8(2)3)14(11,12)13/h6,8-9H,1,7H2,2-5H3,(H2,11,12,13)/t9-,10+/m1/s1. The fraction of sp³-hybridized carbons (Fsp3) is 0.800. The van der Waals surface area contributed by atoms with Crippen LogP contribution in [0.15, 0.2) is 12.7 Å². The predicted octanol–water partition coefficient (Wildman–Crippen LogP) is 1.90. The van der Waals surface area contributed by atoms with Crippen molar-refractivity contribution >= 4 is 10.0 Å². The summed E-state index contributed by atoms with van der Waals surface area (Å²) in [5, 5.41) is 5.28. The van der Waals surface area contributed by atoms with Crippen molar-refractivity contribution in [1.82, 2.24) is 0 Å². The molecule has 4 heteroatoms. The maximum atomic E-state index is 11.6. The second kappa shape index (κ2) is 4.45. The highest BCUT2D eigenvalue weighted by atomic mass is 32.2. The molecule has 3 nitrogen and oxygen atoms in total. The van der Waals surface area contributed by atoms with E-state index in [1.54, 1.807) is 13.0 Å². The first-order valence-electron chi connectivity index (χ1n) is 4.81. The lowest BCUT2D eigenvalue weighted by Crippen LogP contribution is -2.49. The lowest BCUT2D eigenvalue weighted by Gasteiger charge is -2.36. The Balaban J connectivity index is 5.21. The van der Waals surface area contributed by atoms with Gasteiger partial charge in [0.15, 0.2) is 0 Å². The number of rotatable bonds is 5. The number of nitrogens with two attached hydrogens (primary N) is 1. The molecule has 0 radical (unpaired) electrons. The predicted molar refractivity (Wildman–Crippen MR) is 60.3 cm³/mol. The highest BCUT2D eigenvalue weighted by Gasteiger charge is 2.43. The molecule has 0 aliphatic carbocycles. The highest BCUT2D eigenvalue weighted by Crippen LogP contribution is 2.34. The van der Waals surface area contributed by atoms with E-state index in [0.717, 1.165) is 0 Å². The Morgan fingerprint density at radius 2 is 1.86 bits per heavy atom. The SMILES string of the molecule is C=CC[C@@H](C)[C@](C)(C(C)C)S(N)(=O)=O. The van der Waals surface area contributed by atoms with Gasteiger partial charge < -0.3 is 0 Å². The first kappa shape index (κ1) is 13.7. The van der Waals surface area contributed by atoms with Crippen LogP contribution < -0.4 is 5.14 Å². The number of hydrogen-bond donors (Lipinski definition) is 1. The van der Waals surface area contributed by atoms with Gasteiger partial charge in [-0.15, -0.1) is 6.58 Å². The van der Waals surface area contributed by atoms with Crippen molar-refractivity contribution < 1.29 is 8.42 Å². The van der Waals surface area contributed by atoms with Crippen molar-refractivity contribution in [3.05, 3.63) is 12.7 Å². The lowest BCUT2D eigenvalue weighted by molar-refractivity contribution is 0.319. The van der Waals surface area contributed by atoms with E-state index in [1.807, 2.05) is 20.8 Å². The zero-order valence-electron chi connectivity index (χ0n) is 9.45. The number of primary sulfonamides is 1. The van der Waals surface area contributed by atoms with Crippen LogP contribution in [0.3, 0.4) is 0 Å². The van der Waals surface area contributed by atoms with Crippen LogP contribution in [-0.2, 0) is 10.0 Å². The molecule has 0 saturated carbocycles. The molecule has 14 heavy (non-hydrogen) atoms. The Hall–Kier alpha value is -0.350. The fourth-order valence-electron chi connectivity index (χ4n) is 1.66. The van der Waals surface area contributed by atoms with Gasteiger partial charge >= 0.3 is 0 Å². The zero-order chi connectivity index (χ0) is 11.6. The average molecular weight is 219 g/mol. The summed E-state index contributed by atoms with van der Waals surface area (Å²) in [7, 11) is -3.53. The van der Waals surface area contributed by atoms with Crippen LogP contribution in [0, 0.1) is 11.8 Å². The molecule has 0 aromatic heterocycles. The molecule has 0 heterocycles. The Morgan fingerprint density at radius 3 is 2.07 bits per heavy atom. The molecule has 0 aromatic rings. The van der Waals surface area contributed by atoms with E-state index in [4.69, 9.17) is 5.14 Å². The molecule has 0 fully saturated rings. The Kier molecular flexibility index (Phi) is 4.34. The van der Waals surface area contributed by atoms with Crippen molar-refractivity contribution in [3.8, 4) is 0 Å². The summed E-state index contributed by atoms with van der Waals surface area (Å²) in [5.41, 5.74) is 0. The van der Waals surface area contributed by atoms with E-state index >= 15 is 0 Å². The summed E-state index contributed by atoms with van der Waals surface area (Å²) >= 11 is 0. The van der Waals surface area contributed by atoms with Crippen LogP contribution in [0.4, 0.5) is 0 Å². The smallest absolute Gasteiger partial charge is 0.215 e.